The summed E-state index contributed by atoms with van der Waals surface area (Å²) in [6.45, 7) is 3.93. The molecular weight excluding hydrogens is 346 g/mol. The molecule has 130 valence electrons. The molecule has 0 bridgehead atoms. The van der Waals surface area contributed by atoms with Gasteiger partial charge in [0, 0.05) is 29.1 Å². The van der Waals surface area contributed by atoms with E-state index in [0.29, 0.717) is 16.4 Å². The Morgan fingerprint density at radius 3 is 2.69 bits per heavy atom. The fourth-order valence-corrected chi connectivity index (χ4v) is 3.56. The van der Waals surface area contributed by atoms with Crippen molar-refractivity contribution in [2.45, 2.75) is 13.8 Å². The van der Waals surface area contributed by atoms with Crippen LogP contribution in [0.25, 0.3) is 22.2 Å². The third kappa shape index (κ3) is 2.97. The standard InChI is InChI=1S/C19H17N5OS/c1-11-12(2)26-19(21-11)23-18(25)15-8-17(13-9-20-24(3)10-13)22-16-7-5-4-6-14(15)16/h4-10H,1-3H3,(H,21,23,25). The van der Waals surface area contributed by atoms with Crippen LogP contribution in [0.3, 0.4) is 0 Å². The molecule has 6 nitrogen and oxygen atoms in total. The van der Waals surface area contributed by atoms with E-state index in [-0.39, 0.29) is 5.91 Å². The van der Waals surface area contributed by atoms with E-state index >= 15 is 0 Å². The minimum Gasteiger partial charge on any atom is -0.298 e. The third-order valence-electron chi connectivity index (χ3n) is 4.21. The second-order valence-corrected chi connectivity index (χ2v) is 7.29. The van der Waals surface area contributed by atoms with Crippen molar-refractivity contribution in [3.63, 3.8) is 0 Å². The minimum absolute atomic E-state index is 0.192. The molecule has 0 radical (unpaired) electrons. The van der Waals surface area contributed by atoms with Crippen molar-refractivity contribution in [1.82, 2.24) is 19.7 Å². The van der Waals surface area contributed by atoms with Gasteiger partial charge in [0.15, 0.2) is 5.13 Å². The number of rotatable bonds is 3. The van der Waals surface area contributed by atoms with Crippen molar-refractivity contribution in [3.05, 3.63) is 58.9 Å². The van der Waals surface area contributed by atoms with Gasteiger partial charge >= 0.3 is 0 Å². The number of nitrogens with one attached hydrogen (secondary N) is 1. The number of aryl methyl sites for hydroxylation is 3. The smallest absolute Gasteiger partial charge is 0.258 e. The van der Waals surface area contributed by atoms with Crippen LogP contribution in [0.4, 0.5) is 5.13 Å². The van der Waals surface area contributed by atoms with Gasteiger partial charge in [0.05, 0.1) is 28.7 Å². The number of hydrogen-bond acceptors (Lipinski definition) is 5. The number of fused-ring (bicyclic) bond motifs is 1. The van der Waals surface area contributed by atoms with Crippen molar-refractivity contribution in [3.8, 4) is 11.3 Å². The average molecular weight is 363 g/mol. The molecule has 3 aromatic heterocycles. The van der Waals surface area contributed by atoms with Crippen LogP contribution in [0.15, 0.2) is 42.7 Å². The Bertz CT molecular complexity index is 1110. The maximum absolute atomic E-state index is 12.9. The van der Waals surface area contributed by atoms with Gasteiger partial charge in [-0.15, -0.1) is 11.3 Å². The summed E-state index contributed by atoms with van der Waals surface area (Å²) in [7, 11) is 1.85. The number of carbonyl (C=O) groups excluding carboxylic acids is 1. The van der Waals surface area contributed by atoms with Crippen LogP contribution >= 0.6 is 11.3 Å². The first-order valence-corrected chi connectivity index (χ1v) is 8.97. The summed E-state index contributed by atoms with van der Waals surface area (Å²) < 4.78 is 1.72. The van der Waals surface area contributed by atoms with E-state index in [1.54, 1.807) is 10.9 Å². The zero-order valence-electron chi connectivity index (χ0n) is 14.6. The zero-order chi connectivity index (χ0) is 18.3. The van der Waals surface area contributed by atoms with E-state index < -0.39 is 0 Å². The predicted molar refractivity (Wildman–Crippen MR) is 103 cm³/mol. The number of thiazole rings is 1. The number of benzene rings is 1. The summed E-state index contributed by atoms with van der Waals surface area (Å²) in [5, 5.41) is 8.52. The molecule has 0 unspecified atom stereocenters. The number of carbonyl (C=O) groups is 1. The van der Waals surface area contributed by atoms with Gasteiger partial charge in [-0.3, -0.25) is 14.8 Å². The van der Waals surface area contributed by atoms with Gasteiger partial charge in [-0.1, -0.05) is 18.2 Å². The summed E-state index contributed by atoms with van der Waals surface area (Å²) in [4.78, 5) is 23.1. The number of amides is 1. The highest BCUT2D eigenvalue weighted by Crippen LogP contribution is 2.27. The van der Waals surface area contributed by atoms with Crippen LogP contribution in [0, 0.1) is 13.8 Å². The van der Waals surface area contributed by atoms with E-state index in [1.165, 1.54) is 11.3 Å². The highest BCUT2D eigenvalue weighted by atomic mass is 32.1. The lowest BCUT2D eigenvalue weighted by molar-refractivity contribution is 0.102. The second-order valence-electron chi connectivity index (χ2n) is 6.09. The molecule has 0 saturated carbocycles. The van der Waals surface area contributed by atoms with Crippen molar-refractivity contribution < 1.29 is 4.79 Å². The fourth-order valence-electron chi connectivity index (χ4n) is 2.76. The van der Waals surface area contributed by atoms with Gasteiger partial charge < -0.3 is 0 Å². The molecule has 3 heterocycles. The minimum atomic E-state index is -0.192. The summed E-state index contributed by atoms with van der Waals surface area (Å²) in [6, 6.07) is 9.44. The van der Waals surface area contributed by atoms with Gasteiger partial charge in [0.25, 0.3) is 5.91 Å². The van der Waals surface area contributed by atoms with Crippen LogP contribution in [0.5, 0.6) is 0 Å². The highest BCUT2D eigenvalue weighted by molar-refractivity contribution is 7.15. The molecule has 0 aliphatic rings. The second kappa shape index (κ2) is 6.34. The van der Waals surface area contributed by atoms with Crippen molar-refractivity contribution in [2.24, 2.45) is 7.05 Å². The quantitative estimate of drug-likeness (QED) is 0.598. The first-order chi connectivity index (χ1) is 12.5. The van der Waals surface area contributed by atoms with Crippen LogP contribution < -0.4 is 5.32 Å². The topological polar surface area (TPSA) is 72.7 Å². The van der Waals surface area contributed by atoms with Crippen molar-refractivity contribution >= 4 is 33.3 Å². The Morgan fingerprint density at radius 1 is 1.19 bits per heavy atom. The molecule has 4 rings (SSSR count). The molecule has 0 fully saturated rings. The lowest BCUT2D eigenvalue weighted by Crippen LogP contribution is -2.13. The Kier molecular flexibility index (Phi) is 4.00. The average Bonchev–Trinajstić information content (AvgIpc) is 3.19. The summed E-state index contributed by atoms with van der Waals surface area (Å²) in [5.41, 5.74) is 3.85. The van der Waals surface area contributed by atoms with Crippen LogP contribution in [-0.2, 0) is 7.05 Å². The van der Waals surface area contributed by atoms with Gasteiger partial charge in [0.2, 0.25) is 0 Å². The van der Waals surface area contributed by atoms with E-state index in [4.69, 9.17) is 0 Å². The van der Waals surface area contributed by atoms with Gasteiger partial charge in [-0.05, 0) is 26.0 Å². The molecule has 26 heavy (non-hydrogen) atoms. The Morgan fingerprint density at radius 2 is 2.00 bits per heavy atom. The molecule has 0 aliphatic carbocycles. The van der Waals surface area contributed by atoms with Gasteiger partial charge in [0.1, 0.15) is 0 Å². The first-order valence-electron chi connectivity index (χ1n) is 8.15. The molecule has 7 heteroatoms. The summed E-state index contributed by atoms with van der Waals surface area (Å²) in [5.74, 6) is -0.192. The van der Waals surface area contributed by atoms with Crippen LogP contribution in [-0.4, -0.2) is 25.7 Å². The number of para-hydroxylation sites is 1. The molecule has 1 aromatic carbocycles. The Labute approximate surface area is 154 Å². The lowest BCUT2D eigenvalue weighted by Gasteiger charge is -2.08. The number of nitrogens with zero attached hydrogens (tertiary/aromatic N) is 4. The molecule has 0 spiro atoms. The largest absolute Gasteiger partial charge is 0.298 e. The maximum Gasteiger partial charge on any atom is 0.258 e. The number of hydrogen-bond donors (Lipinski definition) is 1. The van der Waals surface area contributed by atoms with Crippen LogP contribution in [0.2, 0.25) is 0 Å². The van der Waals surface area contributed by atoms with Crippen molar-refractivity contribution in [2.75, 3.05) is 5.32 Å². The van der Waals surface area contributed by atoms with Gasteiger partial charge in [-0.25, -0.2) is 9.97 Å². The molecule has 0 saturated heterocycles. The summed E-state index contributed by atoms with van der Waals surface area (Å²) >= 11 is 1.47. The maximum atomic E-state index is 12.9. The number of pyridine rings is 1. The van der Waals surface area contributed by atoms with Crippen molar-refractivity contribution in [1.29, 1.82) is 0 Å². The van der Waals surface area contributed by atoms with E-state index in [9.17, 15) is 4.79 Å². The molecule has 4 aromatic rings. The third-order valence-corrected chi connectivity index (χ3v) is 5.20. The Hall–Kier alpha value is -3.06. The highest BCUT2D eigenvalue weighted by Gasteiger charge is 2.16. The number of anilines is 1. The van der Waals surface area contributed by atoms with E-state index in [0.717, 1.165) is 27.0 Å². The molecule has 0 aliphatic heterocycles. The Balaban J connectivity index is 1.80. The molecular formula is C19H17N5OS. The fraction of sp³-hybridized carbons (Fsp3) is 0.158. The lowest BCUT2D eigenvalue weighted by atomic mass is 10.1. The normalized spacial score (nSPS) is 11.0. The van der Waals surface area contributed by atoms with Gasteiger partial charge in [-0.2, -0.15) is 5.10 Å². The monoisotopic (exact) mass is 363 g/mol. The van der Waals surface area contributed by atoms with Crippen LogP contribution in [0.1, 0.15) is 20.9 Å². The summed E-state index contributed by atoms with van der Waals surface area (Å²) in [6.07, 6.45) is 3.62. The number of aromatic nitrogens is 4. The molecule has 1 amide bonds. The zero-order valence-corrected chi connectivity index (χ0v) is 15.5. The SMILES string of the molecule is Cc1nc(NC(=O)c2cc(-c3cnn(C)c3)nc3ccccc23)sc1C. The molecule has 1 N–H and O–H groups in total. The molecule has 0 atom stereocenters. The first kappa shape index (κ1) is 16.4. The predicted octanol–water partition coefficient (Wildman–Crippen LogP) is 3.96. The van der Waals surface area contributed by atoms with E-state index in [2.05, 4.69) is 20.4 Å². The van der Waals surface area contributed by atoms with E-state index in [1.807, 2.05) is 57.4 Å².